The Morgan fingerprint density at radius 2 is 1.85 bits per heavy atom. The number of aromatic nitrogens is 1. The molecule has 1 saturated heterocycles. The van der Waals surface area contributed by atoms with Gasteiger partial charge < -0.3 is 9.88 Å². The fraction of sp³-hybridized carbons (Fsp3) is 0.417. The highest BCUT2D eigenvalue weighted by atomic mass is 35.5. The molecule has 0 amide bonds. The monoisotopic (exact) mass is 380 g/mol. The van der Waals surface area contributed by atoms with E-state index in [1.807, 2.05) is 6.07 Å². The number of aromatic amines is 1. The number of nitrogens with one attached hydrogen (secondary N) is 1. The lowest BCUT2D eigenvalue weighted by Gasteiger charge is -2.32. The zero-order valence-corrected chi connectivity index (χ0v) is 16.9. The third kappa shape index (κ3) is 4.39. The molecule has 0 aliphatic carbocycles. The highest BCUT2D eigenvalue weighted by molar-refractivity contribution is 6.31. The smallest absolute Gasteiger partial charge is 0.0487 e. The molecular formula is C24H29ClN2. The maximum Gasteiger partial charge on any atom is 0.0487 e. The van der Waals surface area contributed by atoms with Crippen LogP contribution < -0.4 is 0 Å². The van der Waals surface area contributed by atoms with E-state index in [0.29, 0.717) is 0 Å². The molecule has 1 N–H and O–H groups in total. The topological polar surface area (TPSA) is 19.0 Å². The van der Waals surface area contributed by atoms with E-state index in [4.69, 9.17) is 11.6 Å². The molecule has 3 aromatic rings. The number of hydrogen-bond acceptors (Lipinski definition) is 1. The van der Waals surface area contributed by atoms with Gasteiger partial charge in [-0.2, -0.15) is 0 Å². The van der Waals surface area contributed by atoms with E-state index in [-0.39, 0.29) is 0 Å². The fourth-order valence-corrected chi connectivity index (χ4v) is 4.77. The lowest BCUT2D eigenvalue weighted by molar-refractivity contribution is 0.209. The number of hydrogen-bond donors (Lipinski definition) is 1. The second kappa shape index (κ2) is 8.50. The largest absolute Gasteiger partial charge is 0.361 e. The van der Waals surface area contributed by atoms with Crippen LogP contribution in [-0.2, 0) is 6.42 Å². The average molecular weight is 381 g/mol. The minimum Gasteiger partial charge on any atom is -0.361 e. The number of likely N-dealkylation sites (tertiary alicyclic amines) is 1. The van der Waals surface area contributed by atoms with Crippen molar-refractivity contribution >= 4 is 22.5 Å². The van der Waals surface area contributed by atoms with Gasteiger partial charge in [0.05, 0.1) is 0 Å². The Morgan fingerprint density at radius 1 is 1.07 bits per heavy atom. The Labute approximate surface area is 167 Å². The number of nitrogens with zero attached hydrogens (tertiary/aromatic N) is 1. The lowest BCUT2D eigenvalue weighted by Crippen LogP contribution is -2.33. The maximum absolute atomic E-state index is 6.25. The maximum atomic E-state index is 6.25. The summed E-state index contributed by atoms with van der Waals surface area (Å²) in [6.45, 7) is 5.82. The summed E-state index contributed by atoms with van der Waals surface area (Å²) < 4.78 is 0. The van der Waals surface area contributed by atoms with Crippen LogP contribution >= 0.6 is 11.6 Å². The number of aryl methyl sites for hydroxylation is 2. The SMILES string of the molecule is Cc1cc(Cl)cc2c(CCCCN3CCC(c4ccccc4)CC3)c[nH]c12. The van der Waals surface area contributed by atoms with Crippen molar-refractivity contribution in [2.24, 2.45) is 0 Å². The Hall–Kier alpha value is -1.77. The molecule has 1 aliphatic heterocycles. The van der Waals surface area contributed by atoms with Crippen molar-refractivity contribution in [2.75, 3.05) is 19.6 Å². The first-order valence-corrected chi connectivity index (χ1v) is 10.6. The zero-order chi connectivity index (χ0) is 18.6. The molecule has 0 unspecified atom stereocenters. The van der Waals surface area contributed by atoms with Crippen LogP contribution in [0.2, 0.25) is 5.02 Å². The van der Waals surface area contributed by atoms with Gasteiger partial charge in [-0.3, -0.25) is 0 Å². The van der Waals surface area contributed by atoms with E-state index in [1.54, 1.807) is 0 Å². The van der Waals surface area contributed by atoms with E-state index in [1.165, 1.54) is 72.9 Å². The number of unbranched alkanes of at least 4 members (excludes halogenated alkanes) is 1. The number of rotatable bonds is 6. The van der Waals surface area contributed by atoms with Gasteiger partial charge in [-0.15, -0.1) is 0 Å². The van der Waals surface area contributed by atoms with E-state index >= 15 is 0 Å². The molecule has 0 radical (unpaired) electrons. The van der Waals surface area contributed by atoms with Crippen LogP contribution in [0.4, 0.5) is 0 Å². The molecule has 4 rings (SSSR count). The lowest BCUT2D eigenvalue weighted by atomic mass is 9.89. The van der Waals surface area contributed by atoms with Gasteiger partial charge in [-0.25, -0.2) is 0 Å². The summed E-state index contributed by atoms with van der Waals surface area (Å²) in [6, 6.07) is 15.2. The summed E-state index contributed by atoms with van der Waals surface area (Å²) in [6.07, 6.45) is 8.38. The van der Waals surface area contributed by atoms with Crippen LogP contribution in [-0.4, -0.2) is 29.5 Å². The van der Waals surface area contributed by atoms with Crippen LogP contribution in [0.5, 0.6) is 0 Å². The molecule has 1 aliphatic rings. The van der Waals surface area contributed by atoms with Crippen molar-refractivity contribution in [2.45, 2.75) is 44.9 Å². The van der Waals surface area contributed by atoms with Gasteiger partial charge in [0, 0.05) is 22.1 Å². The Bertz CT molecular complexity index is 876. The van der Waals surface area contributed by atoms with Crippen molar-refractivity contribution in [3.63, 3.8) is 0 Å². The Morgan fingerprint density at radius 3 is 2.63 bits per heavy atom. The van der Waals surface area contributed by atoms with Crippen molar-refractivity contribution in [3.05, 3.63) is 70.4 Å². The number of benzene rings is 2. The number of piperidine rings is 1. The number of H-pyrrole nitrogens is 1. The van der Waals surface area contributed by atoms with Crippen LogP contribution in [0.3, 0.4) is 0 Å². The van der Waals surface area contributed by atoms with Gasteiger partial charge in [-0.05, 0) is 93.4 Å². The average Bonchev–Trinajstić information content (AvgIpc) is 3.09. The van der Waals surface area contributed by atoms with Gasteiger partial charge in [0.2, 0.25) is 0 Å². The summed E-state index contributed by atoms with van der Waals surface area (Å²) in [5, 5.41) is 2.13. The Kier molecular flexibility index (Phi) is 5.85. The van der Waals surface area contributed by atoms with Gasteiger partial charge in [0.15, 0.2) is 0 Å². The molecule has 0 bridgehead atoms. The molecule has 142 valence electrons. The van der Waals surface area contributed by atoms with Crippen molar-refractivity contribution < 1.29 is 0 Å². The van der Waals surface area contributed by atoms with E-state index in [2.05, 4.69) is 59.4 Å². The van der Waals surface area contributed by atoms with E-state index in [9.17, 15) is 0 Å². The second-order valence-electron chi connectivity index (χ2n) is 7.94. The fourth-order valence-electron chi connectivity index (χ4n) is 4.50. The molecule has 2 aromatic carbocycles. The standard InChI is InChI=1S/C24H29ClN2/c1-18-15-22(25)16-23-21(17-26-24(18)23)9-5-6-12-27-13-10-20(11-14-27)19-7-3-2-4-8-19/h2-4,7-8,15-17,20,26H,5-6,9-14H2,1H3. The molecule has 1 fully saturated rings. The quantitative estimate of drug-likeness (QED) is 0.495. The first kappa shape index (κ1) is 18.6. The summed E-state index contributed by atoms with van der Waals surface area (Å²) in [5.74, 6) is 0.752. The van der Waals surface area contributed by atoms with Gasteiger partial charge >= 0.3 is 0 Å². The molecule has 0 atom stereocenters. The predicted molar refractivity (Wildman–Crippen MR) is 116 cm³/mol. The van der Waals surface area contributed by atoms with E-state index in [0.717, 1.165) is 17.4 Å². The van der Waals surface area contributed by atoms with Crippen molar-refractivity contribution in [1.82, 2.24) is 9.88 Å². The Balaban J connectivity index is 1.23. The highest BCUT2D eigenvalue weighted by Gasteiger charge is 2.19. The molecule has 2 nitrogen and oxygen atoms in total. The molecule has 0 saturated carbocycles. The zero-order valence-electron chi connectivity index (χ0n) is 16.2. The van der Waals surface area contributed by atoms with Gasteiger partial charge in [0.1, 0.15) is 0 Å². The first-order chi connectivity index (χ1) is 13.2. The minimum atomic E-state index is 0.752. The third-order valence-electron chi connectivity index (χ3n) is 6.07. The second-order valence-corrected chi connectivity index (χ2v) is 8.38. The molecular weight excluding hydrogens is 352 g/mol. The van der Waals surface area contributed by atoms with Crippen LogP contribution in [0.25, 0.3) is 10.9 Å². The summed E-state index contributed by atoms with van der Waals surface area (Å²) in [5.41, 5.74) is 5.38. The number of halogens is 1. The molecule has 0 spiro atoms. The van der Waals surface area contributed by atoms with Crippen LogP contribution in [0, 0.1) is 6.92 Å². The third-order valence-corrected chi connectivity index (χ3v) is 6.28. The van der Waals surface area contributed by atoms with Crippen molar-refractivity contribution in [3.8, 4) is 0 Å². The summed E-state index contributed by atoms with van der Waals surface area (Å²) >= 11 is 6.25. The van der Waals surface area contributed by atoms with Crippen molar-refractivity contribution in [1.29, 1.82) is 0 Å². The normalized spacial score (nSPS) is 16.2. The van der Waals surface area contributed by atoms with Crippen LogP contribution in [0.15, 0.2) is 48.7 Å². The summed E-state index contributed by atoms with van der Waals surface area (Å²) in [7, 11) is 0. The molecule has 2 heterocycles. The first-order valence-electron chi connectivity index (χ1n) is 10.2. The molecule has 1 aromatic heterocycles. The number of fused-ring (bicyclic) bond motifs is 1. The van der Waals surface area contributed by atoms with E-state index < -0.39 is 0 Å². The van der Waals surface area contributed by atoms with Gasteiger partial charge in [-0.1, -0.05) is 41.9 Å². The van der Waals surface area contributed by atoms with Crippen LogP contribution in [0.1, 0.15) is 48.3 Å². The van der Waals surface area contributed by atoms with Gasteiger partial charge in [0.25, 0.3) is 0 Å². The molecule has 27 heavy (non-hydrogen) atoms. The highest BCUT2D eigenvalue weighted by Crippen LogP contribution is 2.29. The minimum absolute atomic E-state index is 0.752. The summed E-state index contributed by atoms with van der Waals surface area (Å²) in [4.78, 5) is 6.07. The predicted octanol–water partition coefficient (Wildman–Crippen LogP) is 6.33. The molecule has 3 heteroatoms.